The Labute approximate surface area is 327 Å². The minimum Gasteiger partial charge on any atom is -0.504 e. The van der Waals surface area contributed by atoms with Crippen molar-refractivity contribution in [3.8, 4) is 46.3 Å². The normalized spacial score (nSPS) is 12.3. The minimum atomic E-state index is -4.72. The molecule has 5 rings (SSSR count). The van der Waals surface area contributed by atoms with Crippen molar-refractivity contribution >= 4 is 51.0 Å². The van der Waals surface area contributed by atoms with Gasteiger partial charge in [-0.2, -0.15) is 9.98 Å². The van der Waals surface area contributed by atoms with E-state index in [1.807, 2.05) is 4.72 Å². The molecule has 1 heterocycles. The number of nitriles is 1. The molecule has 2 amide bonds. The number of hydrogen-bond acceptors (Lipinski definition) is 15. The molecule has 0 saturated carbocycles. The van der Waals surface area contributed by atoms with Crippen molar-refractivity contribution in [1.82, 2.24) is 20.3 Å². The Balaban J connectivity index is 1.24. The maximum absolute atomic E-state index is 13.9. The van der Waals surface area contributed by atoms with E-state index < -0.39 is 63.1 Å². The summed E-state index contributed by atoms with van der Waals surface area (Å²) in [4.78, 5) is 39.3. The van der Waals surface area contributed by atoms with Crippen molar-refractivity contribution in [1.29, 1.82) is 5.26 Å². The number of carbonyl (C=O) groups is 2. The molecule has 0 radical (unpaired) electrons. The number of nitrogens with zero attached hydrogens (tertiary/aromatic N) is 2. The number of ether oxygens (including phenoxy) is 2. The van der Waals surface area contributed by atoms with E-state index in [2.05, 4.69) is 15.6 Å². The van der Waals surface area contributed by atoms with Gasteiger partial charge in [0, 0.05) is 42.4 Å². The highest BCUT2D eigenvalue weighted by molar-refractivity contribution is 7.91. The summed E-state index contributed by atoms with van der Waals surface area (Å²) in [5.41, 5.74) is 0.0599. The van der Waals surface area contributed by atoms with Crippen LogP contribution in [0.1, 0.15) is 39.1 Å². The Bertz CT molecular complexity index is 2400. The minimum absolute atomic E-state index is 0.0320. The van der Waals surface area contributed by atoms with E-state index in [-0.39, 0.29) is 84.4 Å². The number of amides is 2. The summed E-state index contributed by atoms with van der Waals surface area (Å²) in [7, 11) is -9.22. The maximum atomic E-state index is 13.9. The predicted molar refractivity (Wildman–Crippen MR) is 201 cm³/mol. The molecule has 1 atom stereocenters. The number of aromatic nitrogens is 1. The second-order valence-electron chi connectivity index (χ2n) is 11.9. The third kappa shape index (κ3) is 11.2. The topological polar surface area (TPSA) is 287 Å². The summed E-state index contributed by atoms with van der Waals surface area (Å²) in [6.45, 7) is 0.356. The molecule has 5 aromatic rings. The molecule has 18 nitrogen and oxygen atoms in total. The van der Waals surface area contributed by atoms with E-state index >= 15 is 0 Å². The number of hydrogen-bond donors (Lipinski definition) is 8. The zero-order chi connectivity index (χ0) is 41.3. The van der Waals surface area contributed by atoms with Crippen LogP contribution in [0.15, 0.2) is 71.1 Å². The Hall–Kier alpha value is -6.17. The number of rotatable bonds is 18. The van der Waals surface area contributed by atoms with Crippen LogP contribution in [-0.2, 0) is 14.6 Å². The zero-order valence-electron chi connectivity index (χ0n) is 29.3. The van der Waals surface area contributed by atoms with Crippen molar-refractivity contribution in [2.45, 2.75) is 17.2 Å². The third-order valence-electron chi connectivity index (χ3n) is 7.63. The lowest BCUT2D eigenvalue weighted by molar-refractivity contribution is 0.0942. The van der Waals surface area contributed by atoms with Gasteiger partial charge in [-0.25, -0.2) is 22.4 Å². The SMILES string of the molecule is N#Cc1ccc(OP(=O)(O)CNS(=O)(=O)c2nc3cc(OCCCNC(=O)c4ccc(O)c(O)c4)c(OCCCNC(=O)c4ccc(O)c(O)c4)cc3s2)cc1F. The lowest BCUT2D eigenvalue weighted by Gasteiger charge is -2.14. The fourth-order valence-electron chi connectivity index (χ4n) is 4.77. The van der Waals surface area contributed by atoms with Crippen LogP contribution in [0.3, 0.4) is 0 Å². The molecule has 0 bridgehead atoms. The van der Waals surface area contributed by atoms with Gasteiger partial charge in [0.1, 0.15) is 23.9 Å². The average Bonchev–Trinajstić information content (AvgIpc) is 3.60. The predicted octanol–water partition coefficient (Wildman–Crippen LogP) is 4.03. The fourth-order valence-corrected chi connectivity index (χ4v) is 8.54. The number of halogens is 1. The number of thiazole rings is 1. The van der Waals surface area contributed by atoms with Crippen LogP contribution in [0.25, 0.3) is 10.2 Å². The van der Waals surface area contributed by atoms with Gasteiger partial charge in [-0.15, -0.1) is 11.3 Å². The van der Waals surface area contributed by atoms with E-state index in [1.54, 1.807) is 6.07 Å². The van der Waals surface area contributed by atoms with Crippen LogP contribution in [0.2, 0.25) is 0 Å². The number of sulfonamides is 1. The first-order chi connectivity index (χ1) is 27.0. The van der Waals surface area contributed by atoms with Crippen molar-refractivity contribution < 1.29 is 66.3 Å². The van der Waals surface area contributed by atoms with Gasteiger partial charge in [-0.1, -0.05) is 0 Å². The van der Waals surface area contributed by atoms with Gasteiger partial charge in [0.25, 0.3) is 21.8 Å². The van der Waals surface area contributed by atoms with Gasteiger partial charge in [-0.3, -0.25) is 9.59 Å². The molecule has 4 aromatic carbocycles. The van der Waals surface area contributed by atoms with Crippen molar-refractivity contribution in [3.05, 3.63) is 89.2 Å². The number of fused-ring (bicyclic) bond motifs is 1. The number of phenolic OH excluding ortho intramolecular Hbond substituents is 4. The molecule has 0 saturated heterocycles. The smallest absolute Gasteiger partial charge is 0.391 e. The quantitative estimate of drug-likeness (QED) is 0.0351. The first kappa shape index (κ1) is 42.0. The monoisotopic (exact) mass is 845 g/mol. The second-order valence-corrected chi connectivity index (χ2v) is 16.6. The van der Waals surface area contributed by atoms with E-state index in [0.29, 0.717) is 22.1 Å². The number of aromatic hydroxyl groups is 4. The lowest BCUT2D eigenvalue weighted by atomic mass is 10.2. The molecule has 0 aliphatic carbocycles. The van der Waals surface area contributed by atoms with Crippen LogP contribution < -0.4 is 29.4 Å². The molecule has 0 aliphatic rings. The Morgan fingerprint density at radius 1 is 0.825 bits per heavy atom. The standard InChI is InChI=1S/C35H33FN5O13PS2/c36-24-15-23(6-3-22(24)18-37)54-55(48,49)19-40-57(50,51)35-41-25-16-30(52-11-1-9-38-33(46)20-4-7-26(42)28(44)13-20)31(17-32(25)56-35)53-12-2-10-39-34(47)21-5-8-27(43)29(45)14-21/h3-8,13-17,40,42-45H,1-2,9-12,19H2,(H,38,46)(H,39,47)(H,48,49). The summed E-state index contributed by atoms with van der Waals surface area (Å²) in [5, 5.41) is 52.4. The van der Waals surface area contributed by atoms with E-state index in [1.165, 1.54) is 36.4 Å². The Morgan fingerprint density at radius 2 is 1.39 bits per heavy atom. The van der Waals surface area contributed by atoms with Crippen LogP contribution in [-0.4, -0.2) is 83.1 Å². The lowest BCUT2D eigenvalue weighted by Crippen LogP contribution is -2.25. The van der Waals surface area contributed by atoms with E-state index in [4.69, 9.17) is 19.3 Å². The van der Waals surface area contributed by atoms with E-state index in [9.17, 15) is 52.3 Å². The Kier molecular flexibility index (Phi) is 13.4. The summed E-state index contributed by atoms with van der Waals surface area (Å²) in [5.74, 6) is -3.78. The summed E-state index contributed by atoms with van der Waals surface area (Å²) in [6.07, 6.45) is -0.535. The van der Waals surface area contributed by atoms with E-state index in [0.717, 1.165) is 24.3 Å². The highest BCUT2D eigenvalue weighted by Crippen LogP contribution is 2.42. The summed E-state index contributed by atoms with van der Waals surface area (Å²) in [6, 6.07) is 14.5. The maximum Gasteiger partial charge on any atom is 0.391 e. The zero-order valence-corrected chi connectivity index (χ0v) is 31.9. The molecule has 0 fully saturated rings. The highest BCUT2D eigenvalue weighted by Gasteiger charge is 2.28. The van der Waals surface area contributed by atoms with Crippen LogP contribution in [0, 0.1) is 17.1 Å². The molecule has 57 heavy (non-hydrogen) atoms. The molecule has 1 aromatic heterocycles. The first-order valence-corrected chi connectivity index (χ1v) is 20.6. The largest absolute Gasteiger partial charge is 0.504 e. The van der Waals surface area contributed by atoms with Gasteiger partial charge >= 0.3 is 7.60 Å². The van der Waals surface area contributed by atoms with Crippen molar-refractivity contribution in [2.24, 2.45) is 0 Å². The van der Waals surface area contributed by atoms with Crippen molar-refractivity contribution in [2.75, 3.05) is 32.6 Å². The number of benzene rings is 4. The molecule has 300 valence electrons. The van der Waals surface area contributed by atoms with Gasteiger partial charge < -0.3 is 50.0 Å². The number of carbonyl (C=O) groups excluding carboxylic acids is 2. The summed E-state index contributed by atoms with van der Waals surface area (Å²) >= 11 is 0.704. The molecule has 0 spiro atoms. The van der Waals surface area contributed by atoms with Crippen LogP contribution >= 0.6 is 18.9 Å². The average molecular weight is 846 g/mol. The molecule has 22 heteroatoms. The van der Waals surface area contributed by atoms with Gasteiger partial charge in [0.05, 0.1) is 29.0 Å². The molecule has 0 aliphatic heterocycles. The number of phenols is 4. The Morgan fingerprint density at radius 3 is 1.91 bits per heavy atom. The molecular formula is C35H33FN5O13PS2. The van der Waals surface area contributed by atoms with Crippen LogP contribution in [0.5, 0.6) is 40.2 Å². The number of nitrogens with one attached hydrogen (secondary N) is 3. The second kappa shape index (κ2) is 18.2. The molecule has 8 N–H and O–H groups in total. The molecule has 1 unspecified atom stereocenters. The van der Waals surface area contributed by atoms with Gasteiger partial charge in [0.15, 0.2) is 34.5 Å². The van der Waals surface area contributed by atoms with Crippen LogP contribution in [0.4, 0.5) is 4.39 Å². The van der Waals surface area contributed by atoms with Gasteiger partial charge in [-0.05, 0) is 61.4 Å². The van der Waals surface area contributed by atoms with Crippen molar-refractivity contribution in [3.63, 3.8) is 0 Å². The first-order valence-electron chi connectivity index (χ1n) is 16.6. The third-order valence-corrected chi connectivity index (χ3v) is 11.7. The van der Waals surface area contributed by atoms with Gasteiger partial charge in [0.2, 0.25) is 4.34 Å². The fraction of sp³-hybridized carbons (Fsp3) is 0.200. The molecular weight excluding hydrogens is 813 g/mol. The highest BCUT2D eigenvalue weighted by atomic mass is 32.2. The summed E-state index contributed by atoms with van der Waals surface area (Å²) < 4.78 is 71.4.